The number of alkyl halides is 3. The van der Waals surface area contributed by atoms with Gasteiger partial charge in [-0.1, -0.05) is 30.3 Å². The van der Waals surface area contributed by atoms with Crippen molar-refractivity contribution in [3.63, 3.8) is 0 Å². The van der Waals surface area contributed by atoms with E-state index in [0.29, 0.717) is 0 Å². The molecule has 2 rings (SSSR count). The minimum absolute atomic E-state index is 0.0241. The van der Waals surface area contributed by atoms with Gasteiger partial charge in [0.15, 0.2) is 0 Å². The Bertz CT molecular complexity index is 366. The van der Waals surface area contributed by atoms with Crippen molar-refractivity contribution in [1.82, 2.24) is 10.9 Å². The lowest BCUT2D eigenvalue weighted by molar-refractivity contribution is -0.161. The summed E-state index contributed by atoms with van der Waals surface area (Å²) in [6, 6.07) is 6.99. The first kappa shape index (κ1) is 12.3. The Kier molecular flexibility index (Phi) is 3.37. The Labute approximate surface area is 97.2 Å². The highest BCUT2D eigenvalue weighted by atomic mass is 19.4. The molecule has 4 N–H and O–H groups in total. The van der Waals surface area contributed by atoms with Crippen LogP contribution >= 0.6 is 0 Å². The van der Waals surface area contributed by atoms with Crippen LogP contribution in [-0.4, -0.2) is 18.8 Å². The highest BCUT2D eigenvalue weighted by Crippen LogP contribution is 2.35. The van der Waals surface area contributed by atoms with Crippen molar-refractivity contribution in [2.45, 2.75) is 18.3 Å². The van der Waals surface area contributed by atoms with Crippen LogP contribution in [-0.2, 0) is 0 Å². The number of nitrogens with one attached hydrogen (secondary N) is 2. The summed E-state index contributed by atoms with van der Waals surface area (Å²) in [7, 11) is 0. The Morgan fingerprint density at radius 3 is 2.29 bits per heavy atom. The minimum atomic E-state index is -4.29. The zero-order valence-corrected chi connectivity index (χ0v) is 9.04. The van der Waals surface area contributed by atoms with Crippen LogP contribution < -0.4 is 16.6 Å². The van der Waals surface area contributed by atoms with Crippen molar-refractivity contribution in [3.05, 3.63) is 35.9 Å². The van der Waals surface area contributed by atoms with Gasteiger partial charge < -0.3 is 5.73 Å². The largest absolute Gasteiger partial charge is 0.405 e. The van der Waals surface area contributed by atoms with Crippen molar-refractivity contribution in [1.29, 1.82) is 0 Å². The van der Waals surface area contributed by atoms with Crippen LogP contribution in [0.5, 0.6) is 0 Å². The van der Waals surface area contributed by atoms with Crippen molar-refractivity contribution in [2.75, 3.05) is 6.54 Å². The molecule has 0 radical (unpaired) electrons. The van der Waals surface area contributed by atoms with E-state index in [0.717, 1.165) is 5.56 Å². The van der Waals surface area contributed by atoms with Crippen LogP contribution in [0.4, 0.5) is 13.2 Å². The maximum absolute atomic E-state index is 12.7. The number of rotatable bonds is 2. The topological polar surface area (TPSA) is 50.1 Å². The summed E-state index contributed by atoms with van der Waals surface area (Å²) >= 11 is 0. The Morgan fingerprint density at radius 1 is 1.12 bits per heavy atom. The van der Waals surface area contributed by atoms with Crippen LogP contribution in [0.3, 0.4) is 0 Å². The Balaban J connectivity index is 2.22. The molecular formula is C11H14F3N3. The van der Waals surface area contributed by atoms with E-state index in [1.54, 1.807) is 24.3 Å². The van der Waals surface area contributed by atoms with Gasteiger partial charge in [-0.15, -0.1) is 0 Å². The fourth-order valence-electron chi connectivity index (χ4n) is 2.17. The predicted octanol–water partition coefficient (Wildman–Crippen LogP) is 1.34. The number of halogens is 3. The van der Waals surface area contributed by atoms with Gasteiger partial charge in [0.05, 0.1) is 6.04 Å². The Morgan fingerprint density at radius 2 is 1.76 bits per heavy atom. The van der Waals surface area contributed by atoms with Gasteiger partial charge in [0.25, 0.3) is 0 Å². The van der Waals surface area contributed by atoms with Gasteiger partial charge in [-0.25, -0.2) is 10.9 Å². The predicted molar refractivity (Wildman–Crippen MR) is 57.8 cm³/mol. The van der Waals surface area contributed by atoms with E-state index in [9.17, 15) is 13.2 Å². The summed E-state index contributed by atoms with van der Waals surface area (Å²) in [6.45, 7) is -0.0241. The number of hydrogen-bond donors (Lipinski definition) is 3. The van der Waals surface area contributed by atoms with Gasteiger partial charge in [-0.2, -0.15) is 13.2 Å². The summed E-state index contributed by atoms with van der Waals surface area (Å²) < 4.78 is 38.2. The quantitative estimate of drug-likeness (QED) is 0.737. The molecule has 6 heteroatoms. The van der Waals surface area contributed by atoms with Gasteiger partial charge in [-0.05, 0) is 12.1 Å². The monoisotopic (exact) mass is 245 g/mol. The smallest absolute Gasteiger partial charge is 0.330 e. The number of benzene rings is 1. The van der Waals surface area contributed by atoms with Gasteiger partial charge >= 0.3 is 6.18 Å². The summed E-state index contributed by atoms with van der Waals surface area (Å²) in [5.74, 6) is -0.697. The number of hydrogen-bond acceptors (Lipinski definition) is 3. The van der Waals surface area contributed by atoms with Crippen molar-refractivity contribution in [3.8, 4) is 0 Å². The molecule has 94 valence electrons. The molecule has 3 nitrogen and oxygen atoms in total. The summed E-state index contributed by atoms with van der Waals surface area (Å²) in [5.41, 5.74) is 11.2. The zero-order valence-electron chi connectivity index (χ0n) is 9.04. The van der Waals surface area contributed by atoms with Gasteiger partial charge in [-0.3, -0.25) is 0 Å². The molecule has 1 fully saturated rings. The van der Waals surface area contributed by atoms with E-state index in [2.05, 4.69) is 10.9 Å². The number of nitrogens with two attached hydrogens (primary N) is 1. The molecule has 0 aliphatic carbocycles. The minimum Gasteiger partial charge on any atom is -0.330 e. The second-order valence-corrected chi connectivity index (χ2v) is 4.10. The Hall–Kier alpha value is -1.11. The van der Waals surface area contributed by atoms with Gasteiger partial charge in [0.1, 0.15) is 6.04 Å². The average Bonchev–Trinajstić information content (AvgIpc) is 2.73. The molecule has 0 spiro atoms. The lowest BCUT2D eigenvalue weighted by Gasteiger charge is -2.23. The second-order valence-electron chi connectivity index (χ2n) is 4.10. The van der Waals surface area contributed by atoms with E-state index < -0.39 is 24.2 Å². The van der Waals surface area contributed by atoms with Crippen LogP contribution in [0, 0.1) is 5.92 Å². The summed E-state index contributed by atoms with van der Waals surface area (Å²) in [6.07, 6.45) is -4.29. The normalized spacial score (nSPS) is 29.5. The van der Waals surface area contributed by atoms with E-state index in [-0.39, 0.29) is 6.54 Å². The molecule has 0 amide bonds. The molecular weight excluding hydrogens is 231 g/mol. The van der Waals surface area contributed by atoms with E-state index in [1.807, 2.05) is 6.07 Å². The highest BCUT2D eigenvalue weighted by molar-refractivity contribution is 5.22. The third-order valence-corrected chi connectivity index (χ3v) is 3.03. The standard InChI is InChI=1S/C11H14F3N3/c12-11(13,14)10-8(6-15)9(16-17-10)7-4-2-1-3-5-7/h1-5,8-10,16-17H,6,15H2. The van der Waals surface area contributed by atoms with E-state index in [1.165, 1.54) is 0 Å². The molecule has 0 aromatic heterocycles. The molecule has 1 saturated heterocycles. The zero-order chi connectivity index (χ0) is 12.5. The van der Waals surface area contributed by atoms with Crippen molar-refractivity contribution < 1.29 is 13.2 Å². The van der Waals surface area contributed by atoms with Crippen LogP contribution in [0.15, 0.2) is 30.3 Å². The van der Waals surface area contributed by atoms with Gasteiger partial charge in [0.2, 0.25) is 0 Å². The lowest BCUT2D eigenvalue weighted by Crippen LogP contribution is -2.45. The molecule has 1 aliphatic heterocycles. The third kappa shape index (κ3) is 2.43. The third-order valence-electron chi connectivity index (χ3n) is 3.03. The first-order valence-electron chi connectivity index (χ1n) is 5.37. The molecule has 0 bridgehead atoms. The fraction of sp³-hybridized carbons (Fsp3) is 0.455. The van der Waals surface area contributed by atoms with Crippen LogP contribution in [0.2, 0.25) is 0 Å². The van der Waals surface area contributed by atoms with Crippen LogP contribution in [0.1, 0.15) is 11.6 Å². The SMILES string of the molecule is NCC1C(c2ccccc2)NNC1C(F)(F)F. The van der Waals surface area contributed by atoms with Crippen LogP contribution in [0.25, 0.3) is 0 Å². The van der Waals surface area contributed by atoms with Crippen molar-refractivity contribution in [2.24, 2.45) is 11.7 Å². The number of hydrazine groups is 1. The molecule has 3 atom stereocenters. The summed E-state index contributed by atoms with van der Waals surface area (Å²) in [4.78, 5) is 0. The second kappa shape index (κ2) is 4.64. The molecule has 17 heavy (non-hydrogen) atoms. The van der Waals surface area contributed by atoms with Crippen molar-refractivity contribution >= 4 is 0 Å². The molecule has 0 saturated carbocycles. The maximum atomic E-state index is 12.7. The first-order chi connectivity index (χ1) is 8.04. The first-order valence-corrected chi connectivity index (χ1v) is 5.37. The van der Waals surface area contributed by atoms with E-state index in [4.69, 9.17) is 5.73 Å². The molecule has 3 unspecified atom stereocenters. The van der Waals surface area contributed by atoms with Gasteiger partial charge in [0, 0.05) is 5.92 Å². The molecule has 1 aromatic rings. The maximum Gasteiger partial charge on any atom is 0.405 e. The average molecular weight is 245 g/mol. The molecule has 1 heterocycles. The molecule has 1 aromatic carbocycles. The highest BCUT2D eigenvalue weighted by Gasteiger charge is 2.50. The fourth-order valence-corrected chi connectivity index (χ4v) is 2.17. The van der Waals surface area contributed by atoms with E-state index >= 15 is 0 Å². The lowest BCUT2D eigenvalue weighted by atomic mass is 9.89. The summed E-state index contributed by atoms with van der Waals surface area (Å²) in [5, 5.41) is 0. The molecule has 1 aliphatic rings.